The van der Waals surface area contributed by atoms with Crippen LogP contribution in [0.2, 0.25) is 0 Å². The predicted octanol–water partition coefficient (Wildman–Crippen LogP) is 0.565. The maximum Gasteiger partial charge on any atom is 0.168 e. The van der Waals surface area contributed by atoms with E-state index in [0.717, 1.165) is 62.3 Å². The van der Waals surface area contributed by atoms with Gasteiger partial charge in [-0.25, -0.2) is 0 Å². The van der Waals surface area contributed by atoms with Crippen LogP contribution in [0.1, 0.15) is 40.6 Å². The standard InChI is InChI=1S/C12H18N4O/c1-15-4-2-9(3-5-15)16-12(8-17)10-6-13-7-11(10)14-16/h8-9,13H,2-7H2,1H3. The zero-order valence-electron chi connectivity index (χ0n) is 10.1. The Bertz CT molecular complexity index is 432. The molecule has 0 radical (unpaired) electrons. The summed E-state index contributed by atoms with van der Waals surface area (Å²) in [4.78, 5) is 13.6. The van der Waals surface area contributed by atoms with E-state index in [1.54, 1.807) is 0 Å². The fraction of sp³-hybridized carbons (Fsp3) is 0.667. The molecule has 0 atom stereocenters. The smallest absolute Gasteiger partial charge is 0.168 e. The first-order chi connectivity index (χ1) is 8.29. The van der Waals surface area contributed by atoms with Gasteiger partial charge in [0, 0.05) is 18.7 Å². The van der Waals surface area contributed by atoms with E-state index in [1.165, 1.54) is 0 Å². The Morgan fingerprint density at radius 1 is 1.35 bits per heavy atom. The van der Waals surface area contributed by atoms with Gasteiger partial charge in [-0.05, 0) is 33.0 Å². The molecule has 2 aliphatic rings. The number of aldehydes is 1. The zero-order valence-corrected chi connectivity index (χ0v) is 10.1. The topological polar surface area (TPSA) is 50.2 Å². The highest BCUT2D eigenvalue weighted by Gasteiger charge is 2.27. The second kappa shape index (κ2) is 4.23. The van der Waals surface area contributed by atoms with E-state index in [1.807, 2.05) is 4.68 Å². The Hall–Kier alpha value is -1.20. The lowest BCUT2D eigenvalue weighted by Gasteiger charge is -2.29. The van der Waals surface area contributed by atoms with Crippen molar-refractivity contribution in [1.82, 2.24) is 20.0 Å². The molecule has 0 bridgehead atoms. The first kappa shape index (κ1) is 10.9. The maximum absolute atomic E-state index is 11.3. The molecule has 0 unspecified atom stereocenters. The first-order valence-electron chi connectivity index (χ1n) is 6.24. The highest BCUT2D eigenvalue weighted by molar-refractivity contribution is 5.75. The van der Waals surface area contributed by atoms with Crippen LogP contribution < -0.4 is 5.32 Å². The largest absolute Gasteiger partial charge is 0.307 e. The molecule has 5 nitrogen and oxygen atoms in total. The molecule has 5 heteroatoms. The SMILES string of the molecule is CN1CCC(n2nc3c(c2C=O)CNC3)CC1. The minimum atomic E-state index is 0.400. The summed E-state index contributed by atoms with van der Waals surface area (Å²) in [6, 6.07) is 0.400. The van der Waals surface area contributed by atoms with Crippen LogP contribution in [0.15, 0.2) is 0 Å². The zero-order chi connectivity index (χ0) is 11.8. The van der Waals surface area contributed by atoms with E-state index in [0.29, 0.717) is 6.04 Å². The number of fused-ring (bicyclic) bond motifs is 1. The summed E-state index contributed by atoms with van der Waals surface area (Å²) in [5.41, 5.74) is 2.96. The van der Waals surface area contributed by atoms with Crippen LogP contribution in [0.4, 0.5) is 0 Å². The van der Waals surface area contributed by atoms with Gasteiger partial charge in [-0.15, -0.1) is 0 Å². The molecule has 3 rings (SSSR count). The van der Waals surface area contributed by atoms with Crippen molar-refractivity contribution in [3.8, 4) is 0 Å². The number of carbonyl (C=O) groups is 1. The molecule has 1 saturated heterocycles. The molecule has 2 aliphatic heterocycles. The van der Waals surface area contributed by atoms with Gasteiger partial charge < -0.3 is 10.2 Å². The predicted molar refractivity (Wildman–Crippen MR) is 63.9 cm³/mol. The van der Waals surface area contributed by atoms with Crippen molar-refractivity contribution in [2.24, 2.45) is 0 Å². The minimum Gasteiger partial charge on any atom is -0.307 e. The van der Waals surface area contributed by atoms with E-state index in [4.69, 9.17) is 0 Å². The lowest BCUT2D eigenvalue weighted by Crippen LogP contribution is -2.32. The van der Waals surface area contributed by atoms with Crippen LogP contribution in [0, 0.1) is 0 Å². The number of aromatic nitrogens is 2. The molecule has 1 N–H and O–H groups in total. The second-order valence-corrected chi connectivity index (χ2v) is 5.01. The summed E-state index contributed by atoms with van der Waals surface area (Å²) < 4.78 is 1.98. The molecule has 1 fully saturated rings. The quantitative estimate of drug-likeness (QED) is 0.760. The Balaban J connectivity index is 1.90. The highest BCUT2D eigenvalue weighted by atomic mass is 16.1. The minimum absolute atomic E-state index is 0.400. The van der Waals surface area contributed by atoms with Crippen molar-refractivity contribution in [2.75, 3.05) is 20.1 Å². The van der Waals surface area contributed by atoms with Crippen LogP contribution in [-0.2, 0) is 13.1 Å². The van der Waals surface area contributed by atoms with Gasteiger partial charge in [-0.1, -0.05) is 0 Å². The lowest BCUT2D eigenvalue weighted by atomic mass is 10.1. The Labute approximate surface area is 101 Å². The molecule has 17 heavy (non-hydrogen) atoms. The normalized spacial score (nSPS) is 21.7. The summed E-state index contributed by atoms with van der Waals surface area (Å²) in [6.07, 6.45) is 3.15. The second-order valence-electron chi connectivity index (χ2n) is 5.01. The number of hydrogen-bond acceptors (Lipinski definition) is 4. The van der Waals surface area contributed by atoms with Crippen LogP contribution >= 0.6 is 0 Å². The molecule has 1 aromatic rings. The van der Waals surface area contributed by atoms with Gasteiger partial charge >= 0.3 is 0 Å². The number of hydrogen-bond donors (Lipinski definition) is 1. The van der Waals surface area contributed by atoms with Crippen molar-refractivity contribution in [1.29, 1.82) is 0 Å². The Morgan fingerprint density at radius 3 is 2.82 bits per heavy atom. The molecule has 3 heterocycles. The monoisotopic (exact) mass is 234 g/mol. The van der Waals surface area contributed by atoms with Crippen molar-refractivity contribution < 1.29 is 4.79 Å². The number of likely N-dealkylation sites (tertiary alicyclic amines) is 1. The average molecular weight is 234 g/mol. The fourth-order valence-corrected chi connectivity index (χ4v) is 2.81. The first-order valence-corrected chi connectivity index (χ1v) is 6.24. The Kier molecular flexibility index (Phi) is 2.72. The van der Waals surface area contributed by atoms with Crippen molar-refractivity contribution in [3.63, 3.8) is 0 Å². The number of carbonyl (C=O) groups excluding carboxylic acids is 1. The molecular formula is C12H18N4O. The molecule has 0 spiro atoms. The summed E-state index contributed by atoms with van der Waals surface area (Å²) >= 11 is 0. The van der Waals surface area contributed by atoms with E-state index >= 15 is 0 Å². The van der Waals surface area contributed by atoms with E-state index < -0.39 is 0 Å². The number of nitrogens with one attached hydrogen (secondary N) is 1. The van der Waals surface area contributed by atoms with Gasteiger partial charge in [0.1, 0.15) is 5.69 Å². The van der Waals surface area contributed by atoms with Gasteiger partial charge in [-0.3, -0.25) is 9.48 Å². The third-order valence-corrected chi connectivity index (χ3v) is 3.87. The number of nitrogens with zero attached hydrogens (tertiary/aromatic N) is 3. The highest BCUT2D eigenvalue weighted by Crippen LogP contribution is 2.26. The summed E-state index contributed by atoms with van der Waals surface area (Å²) in [6.45, 7) is 3.77. The molecular weight excluding hydrogens is 216 g/mol. The molecule has 0 aliphatic carbocycles. The fourth-order valence-electron chi connectivity index (χ4n) is 2.81. The van der Waals surface area contributed by atoms with Gasteiger partial charge in [0.2, 0.25) is 0 Å². The van der Waals surface area contributed by atoms with Crippen molar-refractivity contribution >= 4 is 6.29 Å². The van der Waals surface area contributed by atoms with Gasteiger partial charge in [0.05, 0.1) is 11.7 Å². The van der Waals surface area contributed by atoms with Crippen LogP contribution in [0.3, 0.4) is 0 Å². The van der Waals surface area contributed by atoms with Crippen LogP contribution in [-0.4, -0.2) is 41.1 Å². The third-order valence-electron chi connectivity index (χ3n) is 3.87. The molecule has 0 saturated carbocycles. The summed E-state index contributed by atoms with van der Waals surface area (Å²) in [5, 5.41) is 7.85. The Morgan fingerprint density at radius 2 is 2.12 bits per heavy atom. The van der Waals surface area contributed by atoms with E-state index in [9.17, 15) is 4.79 Å². The van der Waals surface area contributed by atoms with E-state index in [2.05, 4.69) is 22.4 Å². The van der Waals surface area contributed by atoms with Crippen molar-refractivity contribution in [2.45, 2.75) is 32.0 Å². The number of rotatable bonds is 2. The van der Waals surface area contributed by atoms with Crippen LogP contribution in [0.25, 0.3) is 0 Å². The number of piperidine rings is 1. The average Bonchev–Trinajstić information content (AvgIpc) is 2.89. The lowest BCUT2D eigenvalue weighted by molar-refractivity contribution is 0.110. The molecule has 1 aromatic heterocycles. The van der Waals surface area contributed by atoms with Crippen LogP contribution in [0.5, 0.6) is 0 Å². The van der Waals surface area contributed by atoms with E-state index in [-0.39, 0.29) is 0 Å². The third kappa shape index (κ3) is 1.79. The maximum atomic E-state index is 11.3. The van der Waals surface area contributed by atoms with Gasteiger partial charge in [0.25, 0.3) is 0 Å². The summed E-state index contributed by atoms with van der Waals surface area (Å²) in [7, 11) is 2.14. The molecule has 0 aromatic carbocycles. The summed E-state index contributed by atoms with van der Waals surface area (Å²) in [5.74, 6) is 0. The molecule has 0 amide bonds. The van der Waals surface area contributed by atoms with Crippen molar-refractivity contribution in [3.05, 3.63) is 17.0 Å². The molecule has 92 valence electrons. The van der Waals surface area contributed by atoms with Gasteiger partial charge in [0.15, 0.2) is 6.29 Å². The van der Waals surface area contributed by atoms with Gasteiger partial charge in [-0.2, -0.15) is 5.10 Å².